The zero-order valence-corrected chi connectivity index (χ0v) is 19.4. The average Bonchev–Trinajstić information content (AvgIpc) is 2.78. The SMILES string of the molecule is CC(C)c1ccc(C2C(C#N)=C(N)Oc3cc(OC(=O)c4ccc(Cl)cc4Cl)ccc32)cc1. The molecular weight excluding hydrogens is 459 g/mol. The standard InChI is InChI=1S/C26H20Cl2N2O3/c1-14(2)15-3-5-16(6-4-15)24-20-10-8-18(12-23(20)33-25(30)21(24)13-29)32-26(31)19-9-7-17(27)11-22(19)28/h3-12,14,24H,30H2,1-2H3. The molecule has 0 radical (unpaired) electrons. The van der Waals surface area contributed by atoms with Crippen molar-refractivity contribution in [3.8, 4) is 17.6 Å². The van der Waals surface area contributed by atoms with Crippen LogP contribution in [0.1, 0.15) is 52.7 Å². The number of carbonyl (C=O) groups excluding carboxylic acids is 1. The van der Waals surface area contributed by atoms with Crippen molar-refractivity contribution in [1.82, 2.24) is 0 Å². The summed E-state index contributed by atoms with van der Waals surface area (Å²) >= 11 is 12.0. The molecule has 3 aromatic carbocycles. The topological polar surface area (TPSA) is 85.3 Å². The predicted octanol–water partition coefficient (Wildman–Crippen LogP) is 6.55. The van der Waals surface area contributed by atoms with Gasteiger partial charge in [-0.2, -0.15) is 5.26 Å². The van der Waals surface area contributed by atoms with Gasteiger partial charge in [-0.05, 0) is 41.3 Å². The molecule has 0 bridgehead atoms. The van der Waals surface area contributed by atoms with E-state index < -0.39 is 11.9 Å². The van der Waals surface area contributed by atoms with Crippen molar-refractivity contribution >= 4 is 29.2 Å². The number of nitriles is 1. The van der Waals surface area contributed by atoms with Gasteiger partial charge in [0, 0.05) is 16.7 Å². The van der Waals surface area contributed by atoms with Gasteiger partial charge in [-0.1, -0.05) is 67.4 Å². The Morgan fingerprint density at radius 3 is 2.45 bits per heavy atom. The predicted molar refractivity (Wildman–Crippen MR) is 128 cm³/mol. The van der Waals surface area contributed by atoms with Crippen LogP contribution in [0.5, 0.6) is 11.5 Å². The number of nitrogens with two attached hydrogens (primary N) is 1. The van der Waals surface area contributed by atoms with Gasteiger partial charge in [0.2, 0.25) is 5.88 Å². The number of hydrogen-bond donors (Lipinski definition) is 1. The van der Waals surface area contributed by atoms with Gasteiger partial charge in [-0.3, -0.25) is 0 Å². The largest absolute Gasteiger partial charge is 0.440 e. The monoisotopic (exact) mass is 478 g/mol. The van der Waals surface area contributed by atoms with E-state index in [2.05, 4.69) is 19.9 Å². The molecule has 166 valence electrons. The highest BCUT2D eigenvalue weighted by molar-refractivity contribution is 6.36. The summed E-state index contributed by atoms with van der Waals surface area (Å²) in [6.45, 7) is 4.24. The van der Waals surface area contributed by atoms with Gasteiger partial charge in [-0.15, -0.1) is 0 Å². The van der Waals surface area contributed by atoms with Crippen molar-refractivity contribution in [2.24, 2.45) is 5.73 Å². The third kappa shape index (κ3) is 4.54. The Hall–Kier alpha value is -3.46. The highest BCUT2D eigenvalue weighted by atomic mass is 35.5. The maximum absolute atomic E-state index is 12.6. The molecule has 0 aliphatic carbocycles. The van der Waals surface area contributed by atoms with E-state index in [9.17, 15) is 10.1 Å². The molecule has 0 amide bonds. The van der Waals surface area contributed by atoms with Crippen LogP contribution in [0.15, 0.2) is 72.1 Å². The van der Waals surface area contributed by atoms with Crippen molar-refractivity contribution in [3.05, 3.63) is 104 Å². The molecule has 0 saturated heterocycles. The third-order valence-electron chi connectivity index (χ3n) is 5.49. The number of halogens is 2. The van der Waals surface area contributed by atoms with E-state index >= 15 is 0 Å². The number of esters is 1. The second-order valence-corrected chi connectivity index (χ2v) is 8.80. The number of nitrogens with zero attached hydrogens (tertiary/aromatic N) is 1. The van der Waals surface area contributed by atoms with Crippen molar-refractivity contribution in [1.29, 1.82) is 5.26 Å². The number of fused-ring (bicyclic) bond motifs is 1. The summed E-state index contributed by atoms with van der Waals surface area (Å²) in [4.78, 5) is 12.6. The molecular formula is C26H20Cl2N2O3. The summed E-state index contributed by atoms with van der Waals surface area (Å²) in [5.41, 5.74) is 9.47. The normalized spacial score (nSPS) is 15.0. The molecule has 1 unspecified atom stereocenters. The first kappa shape index (κ1) is 22.7. The lowest BCUT2D eigenvalue weighted by molar-refractivity contribution is 0.0734. The van der Waals surface area contributed by atoms with Crippen molar-refractivity contribution < 1.29 is 14.3 Å². The van der Waals surface area contributed by atoms with Crippen LogP contribution in [0.4, 0.5) is 0 Å². The molecule has 0 spiro atoms. The number of ether oxygens (including phenoxy) is 2. The molecule has 1 atom stereocenters. The fraction of sp³-hybridized carbons (Fsp3) is 0.154. The van der Waals surface area contributed by atoms with Crippen LogP contribution < -0.4 is 15.2 Å². The number of carbonyl (C=O) groups is 1. The van der Waals surface area contributed by atoms with E-state index in [1.165, 1.54) is 17.7 Å². The molecule has 0 fully saturated rings. The summed E-state index contributed by atoms with van der Waals surface area (Å²) in [5.74, 6) is 0.0596. The van der Waals surface area contributed by atoms with Crippen LogP contribution in [0.25, 0.3) is 0 Å². The van der Waals surface area contributed by atoms with Gasteiger partial charge in [0.1, 0.15) is 23.1 Å². The number of rotatable bonds is 4. The molecule has 1 heterocycles. The van der Waals surface area contributed by atoms with Gasteiger partial charge in [-0.25, -0.2) is 4.79 Å². The zero-order chi connectivity index (χ0) is 23.7. The average molecular weight is 479 g/mol. The smallest absolute Gasteiger partial charge is 0.345 e. The first-order valence-corrected chi connectivity index (χ1v) is 11.0. The van der Waals surface area contributed by atoms with E-state index in [4.69, 9.17) is 38.4 Å². The molecule has 5 nitrogen and oxygen atoms in total. The molecule has 0 aromatic heterocycles. The van der Waals surface area contributed by atoms with E-state index in [0.29, 0.717) is 22.3 Å². The molecule has 4 rings (SSSR count). The van der Waals surface area contributed by atoms with Crippen LogP contribution in [0.2, 0.25) is 10.0 Å². The minimum absolute atomic E-state index is 0.0205. The van der Waals surface area contributed by atoms with Gasteiger partial charge >= 0.3 is 5.97 Å². The second kappa shape index (κ2) is 9.19. The Kier molecular flexibility index (Phi) is 6.33. The van der Waals surface area contributed by atoms with Crippen LogP contribution in [-0.2, 0) is 0 Å². The Balaban J connectivity index is 1.68. The van der Waals surface area contributed by atoms with E-state index in [0.717, 1.165) is 11.1 Å². The first-order valence-electron chi connectivity index (χ1n) is 10.3. The summed E-state index contributed by atoms with van der Waals surface area (Å²) in [5, 5.41) is 10.4. The zero-order valence-electron chi connectivity index (χ0n) is 17.9. The molecule has 0 saturated carbocycles. The van der Waals surface area contributed by atoms with E-state index in [1.54, 1.807) is 24.3 Å². The fourth-order valence-corrected chi connectivity index (χ4v) is 4.22. The van der Waals surface area contributed by atoms with Crippen LogP contribution in [0, 0.1) is 11.3 Å². The Morgan fingerprint density at radius 1 is 1.09 bits per heavy atom. The third-order valence-corrected chi connectivity index (χ3v) is 6.04. The minimum atomic E-state index is -0.630. The van der Waals surface area contributed by atoms with E-state index in [-0.39, 0.29) is 22.2 Å². The quantitative estimate of drug-likeness (QED) is 0.339. The molecule has 1 aliphatic heterocycles. The van der Waals surface area contributed by atoms with Crippen LogP contribution in [0.3, 0.4) is 0 Å². The van der Waals surface area contributed by atoms with Gasteiger partial charge in [0.25, 0.3) is 0 Å². The van der Waals surface area contributed by atoms with Gasteiger partial charge in [0.05, 0.1) is 16.5 Å². The lowest BCUT2D eigenvalue weighted by Crippen LogP contribution is -2.21. The highest BCUT2D eigenvalue weighted by Crippen LogP contribution is 2.43. The maximum Gasteiger partial charge on any atom is 0.345 e. The maximum atomic E-state index is 12.6. The van der Waals surface area contributed by atoms with Gasteiger partial charge in [0.15, 0.2) is 0 Å². The summed E-state index contributed by atoms with van der Waals surface area (Å²) < 4.78 is 11.2. The Labute approximate surface area is 201 Å². The van der Waals surface area contributed by atoms with Crippen LogP contribution in [-0.4, -0.2) is 5.97 Å². The second-order valence-electron chi connectivity index (χ2n) is 7.96. The van der Waals surface area contributed by atoms with Gasteiger partial charge < -0.3 is 15.2 Å². The number of benzene rings is 3. The summed E-state index contributed by atoms with van der Waals surface area (Å²) in [6.07, 6.45) is 0. The Bertz CT molecular complexity index is 1310. The molecule has 7 heteroatoms. The summed E-state index contributed by atoms with van der Waals surface area (Å²) in [6, 6.07) is 19.8. The molecule has 1 aliphatic rings. The lowest BCUT2D eigenvalue weighted by atomic mass is 9.83. The van der Waals surface area contributed by atoms with Crippen molar-refractivity contribution in [3.63, 3.8) is 0 Å². The first-order chi connectivity index (χ1) is 15.8. The molecule has 33 heavy (non-hydrogen) atoms. The molecule has 3 aromatic rings. The lowest BCUT2D eigenvalue weighted by Gasteiger charge is -2.27. The number of hydrogen-bond acceptors (Lipinski definition) is 5. The minimum Gasteiger partial charge on any atom is -0.440 e. The molecule has 2 N–H and O–H groups in total. The van der Waals surface area contributed by atoms with Crippen molar-refractivity contribution in [2.45, 2.75) is 25.7 Å². The van der Waals surface area contributed by atoms with Crippen LogP contribution >= 0.6 is 23.2 Å². The fourth-order valence-electron chi connectivity index (χ4n) is 3.73. The van der Waals surface area contributed by atoms with E-state index in [1.807, 2.05) is 24.3 Å². The number of allylic oxidation sites excluding steroid dienone is 1. The van der Waals surface area contributed by atoms with Crippen molar-refractivity contribution in [2.75, 3.05) is 0 Å². The highest BCUT2D eigenvalue weighted by Gasteiger charge is 2.31. The summed E-state index contributed by atoms with van der Waals surface area (Å²) in [7, 11) is 0. The Morgan fingerprint density at radius 2 is 1.82 bits per heavy atom.